The molecule has 6 aromatic carbocycles. The van der Waals surface area contributed by atoms with Gasteiger partial charge in [-0.15, -0.1) is 11.3 Å². The molecule has 0 atom stereocenters. The summed E-state index contributed by atoms with van der Waals surface area (Å²) in [5.41, 5.74) is 10.1. The molecule has 0 unspecified atom stereocenters. The second-order valence-electron chi connectivity index (χ2n) is 11.6. The minimum atomic E-state index is 0.576. The highest BCUT2D eigenvalue weighted by Gasteiger charge is 2.19. The van der Waals surface area contributed by atoms with Crippen LogP contribution in [0.1, 0.15) is 0 Å². The summed E-state index contributed by atoms with van der Waals surface area (Å²) >= 11 is 1.63. The van der Waals surface area contributed by atoms with E-state index in [9.17, 15) is 0 Å². The minimum absolute atomic E-state index is 0.576. The van der Waals surface area contributed by atoms with Gasteiger partial charge in [-0.1, -0.05) is 72.8 Å². The number of benzene rings is 6. The average molecular weight is 621 g/mol. The SMILES string of the molecule is c1ccc(-n2c3ccccc3c3cc(-c4nc(-c5ccc6scnc6c5)nc(-n5c6ccccc6c6ccccc65)n4)ccc32)cc1. The highest BCUT2D eigenvalue weighted by atomic mass is 32.1. The van der Waals surface area contributed by atoms with Crippen LogP contribution in [0, 0.1) is 0 Å². The van der Waals surface area contributed by atoms with E-state index in [1.165, 1.54) is 5.39 Å². The molecular weight excluding hydrogens is 597 g/mol. The third kappa shape index (κ3) is 4.03. The predicted molar refractivity (Wildman–Crippen MR) is 193 cm³/mol. The highest BCUT2D eigenvalue weighted by Crippen LogP contribution is 2.36. The quantitative estimate of drug-likeness (QED) is 0.196. The molecule has 0 radical (unpaired) electrons. The molecule has 7 heteroatoms. The van der Waals surface area contributed by atoms with Crippen LogP contribution in [0.25, 0.3) is 88.2 Å². The van der Waals surface area contributed by atoms with E-state index in [0.29, 0.717) is 17.6 Å². The number of nitrogens with zero attached hydrogens (tertiary/aromatic N) is 6. The second kappa shape index (κ2) is 10.2. The van der Waals surface area contributed by atoms with E-state index in [4.69, 9.17) is 15.0 Å². The lowest BCUT2D eigenvalue weighted by molar-refractivity contribution is 0.954. The van der Waals surface area contributed by atoms with Gasteiger partial charge in [0.25, 0.3) is 0 Å². The molecule has 4 aromatic heterocycles. The number of hydrogen-bond acceptors (Lipinski definition) is 5. The van der Waals surface area contributed by atoms with E-state index in [1.807, 2.05) is 5.51 Å². The van der Waals surface area contributed by atoms with E-state index < -0.39 is 0 Å². The highest BCUT2D eigenvalue weighted by molar-refractivity contribution is 7.16. The van der Waals surface area contributed by atoms with E-state index >= 15 is 0 Å². The molecule has 0 bridgehead atoms. The molecule has 47 heavy (non-hydrogen) atoms. The summed E-state index contributed by atoms with van der Waals surface area (Å²) in [6, 6.07) is 48.7. The fraction of sp³-hybridized carbons (Fsp3) is 0. The molecule has 0 N–H and O–H groups in total. The number of rotatable bonds is 4. The molecule has 0 saturated heterocycles. The monoisotopic (exact) mass is 620 g/mol. The topological polar surface area (TPSA) is 61.4 Å². The van der Waals surface area contributed by atoms with Crippen molar-refractivity contribution in [3.8, 4) is 34.4 Å². The van der Waals surface area contributed by atoms with Crippen molar-refractivity contribution in [1.29, 1.82) is 0 Å². The summed E-state index contributed by atoms with van der Waals surface area (Å²) < 4.78 is 5.60. The Morgan fingerprint density at radius 1 is 0.447 bits per heavy atom. The summed E-state index contributed by atoms with van der Waals surface area (Å²) in [4.78, 5) is 20.0. The van der Waals surface area contributed by atoms with Gasteiger partial charge in [0.1, 0.15) is 0 Å². The standard InChI is InChI=1S/C40H24N6S/c1-2-10-27(11-3-1)45-33-15-7-6-14-30(33)31-22-25(18-20-36(31)45)38-42-39(26-19-21-37-32(23-26)41-24-47-37)44-40(43-38)46-34-16-8-4-12-28(34)29-13-5-9-17-35(29)46/h1-24H. The molecule has 10 rings (SSSR count). The first-order chi connectivity index (χ1) is 23.3. The molecule has 0 aliphatic carbocycles. The summed E-state index contributed by atoms with van der Waals surface area (Å²) in [5, 5.41) is 4.64. The van der Waals surface area contributed by atoms with Gasteiger partial charge >= 0.3 is 0 Å². The largest absolute Gasteiger partial charge is 0.309 e. The number of aromatic nitrogens is 6. The molecule has 220 valence electrons. The molecular formula is C40H24N6S. The zero-order valence-corrected chi connectivity index (χ0v) is 25.8. The Kier molecular flexibility index (Phi) is 5.64. The minimum Gasteiger partial charge on any atom is -0.309 e. The first-order valence-corrected chi connectivity index (χ1v) is 16.4. The molecule has 4 heterocycles. The number of hydrogen-bond donors (Lipinski definition) is 0. The Labute approximate surface area is 272 Å². The summed E-state index contributed by atoms with van der Waals surface area (Å²) in [6.45, 7) is 0. The van der Waals surface area contributed by atoms with Crippen LogP contribution in [0.3, 0.4) is 0 Å². The molecule has 6 nitrogen and oxygen atoms in total. The normalized spacial score (nSPS) is 11.8. The first kappa shape index (κ1) is 26.1. The zero-order valence-electron chi connectivity index (χ0n) is 24.9. The molecule has 0 spiro atoms. The fourth-order valence-electron chi connectivity index (χ4n) is 6.83. The van der Waals surface area contributed by atoms with Crippen LogP contribution in [-0.2, 0) is 0 Å². The van der Waals surface area contributed by atoms with E-state index in [2.05, 4.69) is 154 Å². The third-order valence-corrected chi connectivity index (χ3v) is 9.75. The van der Waals surface area contributed by atoms with Crippen molar-refractivity contribution in [3.05, 3.63) is 145 Å². The molecule has 0 fully saturated rings. The molecule has 0 aliphatic rings. The van der Waals surface area contributed by atoms with Crippen LogP contribution in [0.4, 0.5) is 0 Å². The Bertz CT molecular complexity index is 2760. The lowest BCUT2D eigenvalue weighted by atomic mass is 10.1. The number of para-hydroxylation sites is 4. The van der Waals surface area contributed by atoms with E-state index in [0.717, 1.165) is 65.3 Å². The van der Waals surface area contributed by atoms with Gasteiger partial charge in [-0.25, -0.2) is 9.97 Å². The molecule has 0 saturated carbocycles. The smallest absolute Gasteiger partial charge is 0.238 e. The zero-order chi connectivity index (χ0) is 30.9. The fourth-order valence-corrected chi connectivity index (χ4v) is 7.48. The average Bonchev–Trinajstić information content (AvgIpc) is 3.84. The Hall–Kier alpha value is -6.18. The van der Waals surface area contributed by atoms with Crippen molar-refractivity contribution in [2.75, 3.05) is 0 Å². The molecule has 10 aromatic rings. The summed E-state index contributed by atoms with van der Waals surface area (Å²) in [5.74, 6) is 1.80. The van der Waals surface area contributed by atoms with E-state index in [-0.39, 0.29) is 0 Å². The van der Waals surface area contributed by atoms with Crippen molar-refractivity contribution in [2.24, 2.45) is 0 Å². The van der Waals surface area contributed by atoms with Crippen LogP contribution in [0.5, 0.6) is 0 Å². The van der Waals surface area contributed by atoms with Crippen LogP contribution in [0.15, 0.2) is 145 Å². The third-order valence-electron chi connectivity index (χ3n) is 8.94. The van der Waals surface area contributed by atoms with Crippen molar-refractivity contribution < 1.29 is 0 Å². The number of thiazole rings is 1. The van der Waals surface area contributed by atoms with Gasteiger partial charge < -0.3 is 4.57 Å². The molecule has 0 amide bonds. The van der Waals surface area contributed by atoms with Gasteiger partial charge in [0.2, 0.25) is 5.95 Å². The van der Waals surface area contributed by atoms with Gasteiger partial charge in [0, 0.05) is 38.4 Å². The summed E-state index contributed by atoms with van der Waals surface area (Å²) in [7, 11) is 0. The van der Waals surface area contributed by atoms with Crippen molar-refractivity contribution in [3.63, 3.8) is 0 Å². The van der Waals surface area contributed by atoms with Crippen molar-refractivity contribution in [1.82, 2.24) is 29.1 Å². The molecule has 0 aliphatic heterocycles. The van der Waals surface area contributed by atoms with Crippen LogP contribution >= 0.6 is 11.3 Å². The predicted octanol–water partition coefficient (Wildman–Crippen LogP) is 10.0. The Balaban J connectivity index is 1.25. The maximum Gasteiger partial charge on any atom is 0.238 e. The lowest BCUT2D eigenvalue weighted by Crippen LogP contribution is -2.06. The van der Waals surface area contributed by atoms with Gasteiger partial charge in [-0.05, 0) is 66.7 Å². The van der Waals surface area contributed by atoms with Gasteiger partial charge in [0.15, 0.2) is 11.6 Å². The van der Waals surface area contributed by atoms with Crippen LogP contribution in [-0.4, -0.2) is 29.1 Å². The van der Waals surface area contributed by atoms with Crippen molar-refractivity contribution >= 4 is 65.2 Å². The maximum absolute atomic E-state index is 5.20. The first-order valence-electron chi connectivity index (χ1n) is 15.5. The maximum atomic E-state index is 5.20. The van der Waals surface area contributed by atoms with Crippen LogP contribution in [0.2, 0.25) is 0 Å². The number of fused-ring (bicyclic) bond motifs is 7. The van der Waals surface area contributed by atoms with Crippen molar-refractivity contribution in [2.45, 2.75) is 0 Å². The lowest BCUT2D eigenvalue weighted by Gasteiger charge is -2.11. The second-order valence-corrected chi connectivity index (χ2v) is 12.5. The van der Waals surface area contributed by atoms with E-state index in [1.54, 1.807) is 11.3 Å². The Morgan fingerprint density at radius 3 is 1.70 bits per heavy atom. The summed E-state index contributed by atoms with van der Waals surface area (Å²) in [6.07, 6.45) is 0. The van der Waals surface area contributed by atoms with Gasteiger partial charge in [-0.2, -0.15) is 9.97 Å². The van der Waals surface area contributed by atoms with Crippen LogP contribution < -0.4 is 0 Å². The Morgan fingerprint density at radius 2 is 1.00 bits per heavy atom. The van der Waals surface area contributed by atoms with Gasteiger partial charge in [0.05, 0.1) is 37.8 Å². The van der Waals surface area contributed by atoms with Gasteiger partial charge in [-0.3, -0.25) is 4.57 Å².